The highest BCUT2D eigenvalue weighted by Gasteiger charge is 2.06. The van der Waals surface area contributed by atoms with Crippen molar-refractivity contribution in [3.63, 3.8) is 0 Å². The van der Waals surface area contributed by atoms with Crippen LogP contribution in [-0.4, -0.2) is 33.4 Å². The maximum Gasteiger partial charge on any atom is 0.319 e. The fourth-order valence-electron chi connectivity index (χ4n) is 1.86. The van der Waals surface area contributed by atoms with Gasteiger partial charge in [0, 0.05) is 24.2 Å². The first-order valence-electron chi connectivity index (χ1n) is 6.32. The Morgan fingerprint density at radius 3 is 2.90 bits per heavy atom. The highest BCUT2D eigenvalue weighted by Crippen LogP contribution is 2.18. The smallest absolute Gasteiger partial charge is 0.319 e. The minimum absolute atomic E-state index is 0.0936. The molecule has 2 aromatic rings. The third-order valence-corrected chi connectivity index (χ3v) is 2.83. The zero-order chi connectivity index (χ0) is 14.5. The van der Waals surface area contributed by atoms with Gasteiger partial charge < -0.3 is 15.7 Å². The molecule has 3 N–H and O–H groups in total. The Balaban J connectivity index is 2.02. The van der Waals surface area contributed by atoms with Gasteiger partial charge in [0.1, 0.15) is 0 Å². The van der Waals surface area contributed by atoms with Gasteiger partial charge in [-0.25, -0.2) is 4.79 Å². The average molecular weight is 276 g/mol. The van der Waals surface area contributed by atoms with Crippen molar-refractivity contribution < 1.29 is 14.7 Å². The standard InChI is InChI=1S/C13H16N4O3/c1-2-17-11-7-10(4-3-9(11)8-15-17)16-13(20)14-6-5-12(18)19/h3-4,7-8H,2,5-6H2,1H3,(H,18,19)(H2,14,16,20). The summed E-state index contributed by atoms with van der Waals surface area (Å²) in [5.41, 5.74) is 1.58. The van der Waals surface area contributed by atoms with Crippen LogP contribution in [0.5, 0.6) is 0 Å². The molecule has 0 aliphatic carbocycles. The van der Waals surface area contributed by atoms with Crippen molar-refractivity contribution in [2.24, 2.45) is 0 Å². The number of aliphatic carboxylic acids is 1. The van der Waals surface area contributed by atoms with E-state index < -0.39 is 12.0 Å². The number of carboxylic acid groups (broad SMARTS) is 1. The lowest BCUT2D eigenvalue weighted by molar-refractivity contribution is -0.136. The first kappa shape index (κ1) is 13.9. The zero-order valence-electron chi connectivity index (χ0n) is 11.1. The summed E-state index contributed by atoms with van der Waals surface area (Å²) in [5, 5.41) is 18.9. The van der Waals surface area contributed by atoms with Gasteiger partial charge in [0.15, 0.2) is 0 Å². The van der Waals surface area contributed by atoms with Crippen molar-refractivity contribution in [2.45, 2.75) is 19.9 Å². The lowest BCUT2D eigenvalue weighted by Crippen LogP contribution is -2.30. The van der Waals surface area contributed by atoms with Gasteiger partial charge in [-0.2, -0.15) is 5.10 Å². The number of carbonyl (C=O) groups is 2. The number of fused-ring (bicyclic) bond motifs is 1. The van der Waals surface area contributed by atoms with Crippen molar-refractivity contribution in [3.05, 3.63) is 24.4 Å². The van der Waals surface area contributed by atoms with Crippen molar-refractivity contribution in [3.8, 4) is 0 Å². The second-order valence-electron chi connectivity index (χ2n) is 4.26. The van der Waals surface area contributed by atoms with E-state index in [9.17, 15) is 9.59 Å². The van der Waals surface area contributed by atoms with Gasteiger partial charge in [-0.1, -0.05) is 0 Å². The van der Waals surface area contributed by atoms with Gasteiger partial charge in [-0.3, -0.25) is 9.48 Å². The van der Waals surface area contributed by atoms with E-state index >= 15 is 0 Å². The number of amides is 2. The van der Waals surface area contributed by atoms with Gasteiger partial charge in [0.05, 0.1) is 18.1 Å². The molecule has 0 saturated heterocycles. The molecule has 0 radical (unpaired) electrons. The summed E-state index contributed by atoms with van der Waals surface area (Å²) in [6, 6.07) is 5.07. The molecule has 106 valence electrons. The summed E-state index contributed by atoms with van der Waals surface area (Å²) in [5.74, 6) is -0.946. The molecule has 1 heterocycles. The molecule has 2 amide bonds. The van der Waals surface area contributed by atoms with Crippen LogP contribution in [0.2, 0.25) is 0 Å². The molecule has 0 saturated carbocycles. The average Bonchev–Trinajstić information content (AvgIpc) is 2.80. The maximum atomic E-state index is 11.6. The Morgan fingerprint density at radius 2 is 2.20 bits per heavy atom. The molecule has 2 rings (SSSR count). The van der Waals surface area contributed by atoms with E-state index in [2.05, 4.69) is 15.7 Å². The molecule has 0 aliphatic rings. The van der Waals surface area contributed by atoms with E-state index in [1.54, 1.807) is 12.3 Å². The van der Waals surface area contributed by atoms with E-state index in [4.69, 9.17) is 5.11 Å². The largest absolute Gasteiger partial charge is 0.481 e. The Kier molecular flexibility index (Phi) is 4.19. The third kappa shape index (κ3) is 3.25. The van der Waals surface area contributed by atoms with Crippen LogP contribution in [0.4, 0.5) is 10.5 Å². The Hall–Kier alpha value is -2.57. The van der Waals surface area contributed by atoms with Crippen molar-refractivity contribution in [1.29, 1.82) is 0 Å². The van der Waals surface area contributed by atoms with E-state index in [0.29, 0.717) is 5.69 Å². The summed E-state index contributed by atoms with van der Waals surface area (Å²) >= 11 is 0. The number of carboxylic acids is 1. The molecule has 0 aliphatic heterocycles. The quantitative estimate of drug-likeness (QED) is 0.773. The number of carbonyl (C=O) groups excluding carboxylic acids is 1. The Labute approximate surface area is 115 Å². The van der Waals surface area contributed by atoms with Gasteiger partial charge in [0.25, 0.3) is 0 Å². The fourth-order valence-corrected chi connectivity index (χ4v) is 1.86. The number of benzene rings is 1. The van der Waals surface area contributed by atoms with Crippen molar-refractivity contribution >= 4 is 28.6 Å². The molecule has 0 atom stereocenters. The van der Waals surface area contributed by atoms with Crippen molar-refractivity contribution in [1.82, 2.24) is 15.1 Å². The van der Waals surface area contributed by atoms with Gasteiger partial charge >= 0.3 is 12.0 Å². The number of nitrogens with one attached hydrogen (secondary N) is 2. The molecule has 1 aromatic carbocycles. The van der Waals surface area contributed by atoms with Gasteiger partial charge in [-0.05, 0) is 25.1 Å². The second kappa shape index (κ2) is 6.05. The molecule has 0 spiro atoms. The first-order valence-corrected chi connectivity index (χ1v) is 6.32. The number of aromatic nitrogens is 2. The lowest BCUT2D eigenvalue weighted by atomic mass is 10.2. The predicted octanol–water partition coefficient (Wildman–Crippen LogP) is 1.65. The van der Waals surface area contributed by atoms with Crippen LogP contribution in [0.15, 0.2) is 24.4 Å². The topological polar surface area (TPSA) is 96.3 Å². The first-order chi connectivity index (χ1) is 9.60. The monoisotopic (exact) mass is 276 g/mol. The number of urea groups is 1. The van der Waals surface area contributed by atoms with E-state index in [1.165, 1.54) is 0 Å². The minimum Gasteiger partial charge on any atom is -0.481 e. The van der Waals surface area contributed by atoms with Gasteiger partial charge in [0.2, 0.25) is 0 Å². The van der Waals surface area contributed by atoms with E-state index in [1.807, 2.05) is 23.7 Å². The van der Waals surface area contributed by atoms with Crippen LogP contribution in [0, 0.1) is 0 Å². The zero-order valence-corrected chi connectivity index (χ0v) is 11.1. The number of hydrogen-bond acceptors (Lipinski definition) is 3. The molecular formula is C13H16N4O3. The molecule has 1 aromatic heterocycles. The summed E-state index contributed by atoms with van der Waals surface area (Å²) < 4.78 is 1.84. The molecule has 0 fully saturated rings. The Bertz CT molecular complexity index is 636. The number of aryl methyl sites for hydroxylation is 1. The normalized spacial score (nSPS) is 10.4. The fraction of sp³-hybridized carbons (Fsp3) is 0.308. The Morgan fingerprint density at radius 1 is 1.40 bits per heavy atom. The molecule has 20 heavy (non-hydrogen) atoms. The summed E-state index contributed by atoms with van der Waals surface area (Å²) in [6.07, 6.45) is 1.67. The second-order valence-corrected chi connectivity index (χ2v) is 4.26. The number of nitrogens with zero attached hydrogens (tertiary/aromatic N) is 2. The third-order valence-electron chi connectivity index (χ3n) is 2.83. The molecular weight excluding hydrogens is 260 g/mol. The van der Waals surface area contributed by atoms with Crippen LogP contribution in [0.1, 0.15) is 13.3 Å². The maximum absolute atomic E-state index is 11.6. The van der Waals surface area contributed by atoms with Crippen LogP contribution >= 0.6 is 0 Å². The number of rotatable bonds is 5. The highest BCUT2D eigenvalue weighted by atomic mass is 16.4. The van der Waals surface area contributed by atoms with Crippen LogP contribution in [-0.2, 0) is 11.3 Å². The minimum atomic E-state index is -0.946. The lowest BCUT2D eigenvalue weighted by Gasteiger charge is -2.07. The van der Waals surface area contributed by atoms with E-state index in [0.717, 1.165) is 17.4 Å². The van der Waals surface area contributed by atoms with Crippen molar-refractivity contribution in [2.75, 3.05) is 11.9 Å². The van der Waals surface area contributed by atoms with Gasteiger partial charge in [-0.15, -0.1) is 0 Å². The SMILES string of the molecule is CCn1ncc2ccc(NC(=O)NCCC(=O)O)cc21. The van der Waals surface area contributed by atoms with Crippen LogP contribution in [0.3, 0.4) is 0 Å². The molecule has 7 heteroatoms. The number of hydrogen-bond donors (Lipinski definition) is 3. The predicted molar refractivity (Wildman–Crippen MR) is 74.7 cm³/mol. The van der Waals surface area contributed by atoms with Crippen LogP contribution in [0.25, 0.3) is 10.9 Å². The van der Waals surface area contributed by atoms with E-state index in [-0.39, 0.29) is 13.0 Å². The number of anilines is 1. The molecule has 7 nitrogen and oxygen atoms in total. The summed E-state index contributed by atoms with van der Waals surface area (Å²) in [6.45, 7) is 2.83. The summed E-state index contributed by atoms with van der Waals surface area (Å²) in [4.78, 5) is 21.9. The molecule has 0 unspecified atom stereocenters. The summed E-state index contributed by atoms with van der Waals surface area (Å²) in [7, 11) is 0. The highest BCUT2D eigenvalue weighted by molar-refractivity contribution is 5.92. The molecule has 0 bridgehead atoms. The van der Waals surface area contributed by atoms with Crippen LogP contribution < -0.4 is 10.6 Å².